The Hall–Kier alpha value is -3.23. The largest absolute Gasteiger partial charge is 0.423 e. The summed E-state index contributed by atoms with van der Waals surface area (Å²) in [6.07, 6.45) is -4.65. The van der Waals surface area contributed by atoms with Crippen LogP contribution in [0, 0.1) is 0 Å². The number of hydrogen-bond donors (Lipinski definition) is 2. The molecule has 3 rings (SSSR count). The second kappa shape index (κ2) is 9.28. The van der Waals surface area contributed by atoms with E-state index in [1.165, 1.54) is 42.5 Å². The van der Waals surface area contributed by atoms with Crippen LogP contribution in [0.2, 0.25) is 10.0 Å². The van der Waals surface area contributed by atoms with Gasteiger partial charge in [-0.15, -0.1) is 0 Å². The fourth-order valence-corrected chi connectivity index (χ4v) is 2.82. The summed E-state index contributed by atoms with van der Waals surface area (Å²) in [5.74, 6) is -0.350. The highest BCUT2D eigenvalue weighted by Gasteiger charge is 2.33. The Bertz CT molecular complexity index is 1100. The minimum atomic E-state index is -4.65. The van der Waals surface area contributed by atoms with Crippen LogP contribution in [0.3, 0.4) is 0 Å². The van der Waals surface area contributed by atoms with Gasteiger partial charge in [0.1, 0.15) is 5.75 Å². The Morgan fingerprint density at radius 2 is 1.39 bits per heavy atom. The highest BCUT2D eigenvalue weighted by molar-refractivity contribution is 6.31. The Balaban J connectivity index is 1.60. The van der Waals surface area contributed by atoms with Crippen LogP contribution in [-0.2, 0) is 6.18 Å². The predicted molar refractivity (Wildman–Crippen MR) is 112 cm³/mol. The first-order valence-electron chi connectivity index (χ1n) is 8.64. The quantitative estimate of drug-likeness (QED) is 0.324. The van der Waals surface area contributed by atoms with Crippen LogP contribution in [0.25, 0.3) is 0 Å². The highest BCUT2D eigenvalue weighted by Crippen LogP contribution is 2.36. The maximum absolute atomic E-state index is 12.9. The number of hydrogen-bond acceptors (Lipinski definition) is 3. The maximum atomic E-state index is 12.9. The fourth-order valence-electron chi connectivity index (χ4n) is 2.47. The first-order chi connectivity index (χ1) is 14.6. The molecule has 0 aliphatic carbocycles. The van der Waals surface area contributed by atoms with Crippen LogP contribution in [0.4, 0.5) is 29.3 Å². The van der Waals surface area contributed by atoms with Crippen molar-refractivity contribution in [3.8, 4) is 5.75 Å². The van der Waals surface area contributed by atoms with Crippen molar-refractivity contribution in [1.82, 2.24) is 0 Å². The number of benzene rings is 3. The van der Waals surface area contributed by atoms with Crippen LogP contribution in [-0.4, -0.2) is 12.0 Å². The molecule has 0 aliphatic heterocycles. The van der Waals surface area contributed by atoms with Gasteiger partial charge in [-0.05, 0) is 66.7 Å². The topological polar surface area (TPSA) is 67.4 Å². The molecule has 5 nitrogen and oxygen atoms in total. The molecule has 0 bridgehead atoms. The molecular formula is C21H13Cl2F3N2O3. The summed E-state index contributed by atoms with van der Waals surface area (Å²) < 4.78 is 44.0. The Morgan fingerprint density at radius 1 is 0.806 bits per heavy atom. The number of urea groups is 1. The molecule has 0 atom stereocenters. The molecule has 31 heavy (non-hydrogen) atoms. The standard InChI is InChI=1S/C21H13Cl2F3N2O3/c22-13-3-1-12(2-4-13)19(29)31-16-8-5-14(6-9-16)27-20(30)28-15-7-10-18(23)17(11-15)21(24,25)26/h1-11H,(H2,27,28,30). The molecule has 0 aliphatic rings. The molecule has 160 valence electrons. The van der Waals surface area contributed by atoms with Crippen LogP contribution < -0.4 is 15.4 Å². The summed E-state index contributed by atoms with van der Waals surface area (Å²) in [6.45, 7) is 0. The van der Waals surface area contributed by atoms with Crippen molar-refractivity contribution in [2.24, 2.45) is 0 Å². The first kappa shape index (κ1) is 22.5. The molecule has 3 aromatic rings. The van der Waals surface area contributed by atoms with Crippen LogP contribution >= 0.6 is 23.2 Å². The molecule has 0 aromatic heterocycles. The Morgan fingerprint density at radius 3 is 2.00 bits per heavy atom. The van der Waals surface area contributed by atoms with Gasteiger partial charge in [-0.3, -0.25) is 0 Å². The third-order valence-corrected chi connectivity index (χ3v) is 4.51. The van der Waals surface area contributed by atoms with Crippen molar-refractivity contribution in [3.05, 3.63) is 87.9 Å². The van der Waals surface area contributed by atoms with Crippen LogP contribution in [0.1, 0.15) is 15.9 Å². The van der Waals surface area contributed by atoms with E-state index >= 15 is 0 Å². The lowest BCUT2D eigenvalue weighted by Gasteiger charge is -2.12. The summed E-state index contributed by atoms with van der Waals surface area (Å²) >= 11 is 11.3. The van der Waals surface area contributed by atoms with Crippen molar-refractivity contribution < 1.29 is 27.5 Å². The second-order valence-corrected chi connectivity index (χ2v) is 7.04. The minimum Gasteiger partial charge on any atom is -0.423 e. The van der Waals surface area contributed by atoms with Gasteiger partial charge in [0.05, 0.1) is 16.1 Å². The van der Waals surface area contributed by atoms with Gasteiger partial charge >= 0.3 is 18.2 Å². The van der Waals surface area contributed by atoms with E-state index in [4.69, 9.17) is 27.9 Å². The predicted octanol–water partition coefficient (Wildman–Crippen LogP) is 6.88. The van der Waals surface area contributed by atoms with Gasteiger partial charge in [0.2, 0.25) is 0 Å². The van der Waals surface area contributed by atoms with Gasteiger partial charge in [-0.25, -0.2) is 9.59 Å². The summed E-state index contributed by atoms with van der Waals surface area (Å²) in [7, 11) is 0. The summed E-state index contributed by atoms with van der Waals surface area (Å²) in [4.78, 5) is 24.1. The lowest BCUT2D eigenvalue weighted by molar-refractivity contribution is -0.137. The van der Waals surface area contributed by atoms with E-state index in [2.05, 4.69) is 10.6 Å². The molecule has 0 saturated heterocycles. The molecule has 0 radical (unpaired) electrons. The average molecular weight is 469 g/mol. The number of carbonyl (C=O) groups is 2. The van der Waals surface area contributed by atoms with Crippen molar-refractivity contribution in [2.75, 3.05) is 10.6 Å². The van der Waals surface area contributed by atoms with Crippen molar-refractivity contribution in [1.29, 1.82) is 0 Å². The van der Waals surface area contributed by atoms with Crippen molar-refractivity contribution >= 4 is 46.6 Å². The highest BCUT2D eigenvalue weighted by atomic mass is 35.5. The minimum absolute atomic E-state index is 0.0808. The number of alkyl halides is 3. The van der Waals surface area contributed by atoms with E-state index in [1.54, 1.807) is 12.1 Å². The third kappa shape index (κ3) is 6.13. The number of esters is 1. The van der Waals surface area contributed by atoms with Gasteiger partial charge in [0.25, 0.3) is 0 Å². The van der Waals surface area contributed by atoms with E-state index in [-0.39, 0.29) is 11.4 Å². The molecule has 2 amide bonds. The number of ether oxygens (including phenoxy) is 1. The number of amides is 2. The number of rotatable bonds is 4. The average Bonchev–Trinajstić information content (AvgIpc) is 2.70. The lowest BCUT2D eigenvalue weighted by Crippen LogP contribution is -2.20. The van der Waals surface area contributed by atoms with E-state index < -0.39 is 28.8 Å². The number of carbonyl (C=O) groups excluding carboxylic acids is 2. The zero-order valence-electron chi connectivity index (χ0n) is 15.5. The summed E-state index contributed by atoms with van der Waals surface area (Å²) in [5, 5.41) is 4.77. The molecule has 10 heteroatoms. The molecule has 0 fully saturated rings. The lowest BCUT2D eigenvalue weighted by atomic mass is 10.2. The SMILES string of the molecule is O=C(Nc1ccc(OC(=O)c2ccc(Cl)cc2)cc1)Nc1ccc(Cl)c(C(F)(F)F)c1. The van der Waals surface area contributed by atoms with Crippen LogP contribution in [0.5, 0.6) is 5.75 Å². The van der Waals surface area contributed by atoms with Gasteiger partial charge in [-0.1, -0.05) is 23.2 Å². The van der Waals surface area contributed by atoms with E-state index in [0.717, 1.165) is 12.1 Å². The molecular weight excluding hydrogens is 456 g/mol. The van der Waals surface area contributed by atoms with Crippen molar-refractivity contribution in [3.63, 3.8) is 0 Å². The molecule has 0 saturated carbocycles. The third-order valence-electron chi connectivity index (χ3n) is 3.93. The first-order valence-corrected chi connectivity index (χ1v) is 9.40. The zero-order valence-corrected chi connectivity index (χ0v) is 17.0. The van der Waals surface area contributed by atoms with E-state index in [0.29, 0.717) is 16.3 Å². The molecule has 0 spiro atoms. The summed E-state index contributed by atoms with van der Waals surface area (Å²) in [5.41, 5.74) is -0.498. The summed E-state index contributed by atoms with van der Waals surface area (Å²) in [6, 6.07) is 14.3. The van der Waals surface area contributed by atoms with Crippen LogP contribution in [0.15, 0.2) is 66.7 Å². The van der Waals surface area contributed by atoms with Gasteiger partial charge in [0.15, 0.2) is 0 Å². The molecule has 3 aromatic carbocycles. The Kier molecular flexibility index (Phi) is 6.72. The number of nitrogens with one attached hydrogen (secondary N) is 2. The fraction of sp³-hybridized carbons (Fsp3) is 0.0476. The van der Waals surface area contributed by atoms with Gasteiger partial charge < -0.3 is 15.4 Å². The van der Waals surface area contributed by atoms with Gasteiger partial charge in [0, 0.05) is 16.4 Å². The molecule has 2 N–H and O–H groups in total. The second-order valence-electron chi connectivity index (χ2n) is 6.19. The monoisotopic (exact) mass is 468 g/mol. The normalized spacial score (nSPS) is 11.0. The Labute approximate surface area is 184 Å². The smallest absolute Gasteiger partial charge is 0.417 e. The number of anilines is 2. The van der Waals surface area contributed by atoms with E-state index in [1.807, 2.05) is 0 Å². The number of halogens is 5. The van der Waals surface area contributed by atoms with Crippen molar-refractivity contribution in [2.45, 2.75) is 6.18 Å². The molecule has 0 unspecified atom stereocenters. The zero-order chi connectivity index (χ0) is 22.6. The van der Waals surface area contributed by atoms with E-state index in [9.17, 15) is 22.8 Å². The molecule has 0 heterocycles. The maximum Gasteiger partial charge on any atom is 0.417 e. The van der Waals surface area contributed by atoms with Gasteiger partial charge in [-0.2, -0.15) is 13.2 Å².